The topological polar surface area (TPSA) is 180 Å². The van der Waals surface area contributed by atoms with Crippen LogP contribution in [-0.2, 0) is 9.47 Å². The zero-order valence-electron chi connectivity index (χ0n) is 34.8. The summed E-state index contributed by atoms with van der Waals surface area (Å²) < 4.78 is 18.5. The van der Waals surface area contributed by atoms with Crippen molar-refractivity contribution in [3.05, 3.63) is 107 Å². The molecule has 3 N–H and O–H groups in total. The Morgan fingerprint density at radius 1 is 0.677 bits per heavy atom. The second-order valence-electron chi connectivity index (χ2n) is 14.8. The van der Waals surface area contributed by atoms with Crippen LogP contribution >= 0.6 is 22.7 Å². The number of nitrogens with zero attached hydrogens (tertiary/aromatic N) is 10. The third-order valence-electron chi connectivity index (χ3n) is 10.2. The molecule has 8 aromatic rings. The maximum absolute atomic E-state index is 5.54. The van der Waals surface area contributed by atoms with Crippen LogP contribution in [0.15, 0.2) is 87.8 Å². The molecule has 0 radical (unpaired) electrons. The minimum absolute atomic E-state index is 0.464. The van der Waals surface area contributed by atoms with Crippen LogP contribution in [0.5, 0.6) is 0 Å². The van der Waals surface area contributed by atoms with Gasteiger partial charge >= 0.3 is 0 Å². The molecule has 0 bridgehead atoms. The van der Waals surface area contributed by atoms with E-state index in [0.717, 1.165) is 102 Å². The van der Waals surface area contributed by atoms with E-state index in [9.17, 15) is 0 Å². The van der Waals surface area contributed by atoms with Crippen LogP contribution < -0.4 is 20.7 Å². The molecule has 16 nitrogen and oxygen atoms in total. The average Bonchev–Trinajstić information content (AvgIpc) is 4.11. The van der Waals surface area contributed by atoms with E-state index >= 15 is 0 Å². The number of ether oxygens (including phenoxy) is 2. The first-order chi connectivity index (χ1) is 30.3. The summed E-state index contributed by atoms with van der Waals surface area (Å²) in [5, 5.41) is 19.8. The molecule has 10 rings (SSSR count). The van der Waals surface area contributed by atoms with Crippen molar-refractivity contribution in [3.63, 3.8) is 0 Å². The summed E-state index contributed by atoms with van der Waals surface area (Å²) in [6.07, 6.45) is 7.26. The SMILES string of the molecule is Cc1cccc(/C=N/Nc2nc(N3CCOCC3)c3sc(-c4c(C)noc4C)cc3n2)c1.Cc1cccc(/C=N/Nc2nc(N3CCOCC3)c3sc(-c4cn[nH]c4)cc3n2)c1. The highest BCUT2D eigenvalue weighted by molar-refractivity contribution is 7.23. The van der Waals surface area contributed by atoms with E-state index in [1.165, 1.54) is 11.1 Å². The Morgan fingerprint density at radius 3 is 1.69 bits per heavy atom. The molecule has 2 aromatic carbocycles. The van der Waals surface area contributed by atoms with Gasteiger partial charge in [0, 0.05) is 47.7 Å². The van der Waals surface area contributed by atoms with Gasteiger partial charge in [-0.3, -0.25) is 5.10 Å². The number of fused-ring (bicyclic) bond motifs is 2. The van der Waals surface area contributed by atoms with Crippen LogP contribution in [0.1, 0.15) is 33.7 Å². The van der Waals surface area contributed by atoms with Crippen molar-refractivity contribution in [1.29, 1.82) is 0 Å². The Hall–Kier alpha value is -6.60. The molecule has 0 saturated carbocycles. The molecule has 0 spiro atoms. The number of hydrogen-bond donors (Lipinski definition) is 3. The Bertz CT molecular complexity index is 2840. The fourth-order valence-electron chi connectivity index (χ4n) is 7.22. The highest BCUT2D eigenvalue weighted by Gasteiger charge is 2.23. The number of H-pyrrole nitrogens is 1. The van der Waals surface area contributed by atoms with E-state index in [4.69, 9.17) is 33.9 Å². The first-order valence-corrected chi connectivity index (χ1v) is 21.9. The molecule has 18 heteroatoms. The Labute approximate surface area is 365 Å². The fourth-order valence-corrected chi connectivity index (χ4v) is 9.58. The number of aryl methyl sites for hydroxylation is 4. The summed E-state index contributed by atoms with van der Waals surface area (Å²) in [5.74, 6) is 3.55. The minimum atomic E-state index is 0.464. The van der Waals surface area contributed by atoms with E-state index in [2.05, 4.69) is 96.5 Å². The van der Waals surface area contributed by atoms with Crippen molar-refractivity contribution in [2.24, 2.45) is 10.2 Å². The molecule has 0 unspecified atom stereocenters. The van der Waals surface area contributed by atoms with Gasteiger partial charge < -0.3 is 23.8 Å². The summed E-state index contributed by atoms with van der Waals surface area (Å²) >= 11 is 3.33. The minimum Gasteiger partial charge on any atom is -0.378 e. The molecule has 0 atom stereocenters. The van der Waals surface area contributed by atoms with Gasteiger partial charge in [-0.15, -0.1) is 22.7 Å². The zero-order valence-corrected chi connectivity index (χ0v) is 36.4. The van der Waals surface area contributed by atoms with Crippen molar-refractivity contribution >= 4 is 79.1 Å². The normalized spacial score (nSPS) is 14.6. The first kappa shape index (κ1) is 40.8. The van der Waals surface area contributed by atoms with Crippen LogP contribution in [0, 0.1) is 27.7 Å². The molecule has 0 amide bonds. The van der Waals surface area contributed by atoms with Gasteiger partial charge in [-0.1, -0.05) is 64.8 Å². The number of nitrogens with one attached hydrogen (secondary N) is 3. The van der Waals surface area contributed by atoms with Crippen LogP contribution in [0.25, 0.3) is 41.3 Å². The van der Waals surface area contributed by atoms with Crippen molar-refractivity contribution in [2.45, 2.75) is 27.7 Å². The van der Waals surface area contributed by atoms with Gasteiger partial charge in [0.15, 0.2) is 11.6 Å². The summed E-state index contributed by atoms with van der Waals surface area (Å²) in [6, 6.07) is 20.5. The maximum atomic E-state index is 5.54. The molecule has 0 aliphatic carbocycles. The number of hydrogen-bond acceptors (Lipinski definition) is 17. The van der Waals surface area contributed by atoms with Crippen LogP contribution in [0.3, 0.4) is 0 Å². The van der Waals surface area contributed by atoms with Gasteiger partial charge in [-0.25, -0.2) is 20.8 Å². The summed E-state index contributed by atoms with van der Waals surface area (Å²) in [7, 11) is 0. The highest BCUT2D eigenvalue weighted by Crippen LogP contribution is 2.41. The number of rotatable bonds is 10. The first-order valence-electron chi connectivity index (χ1n) is 20.3. The van der Waals surface area contributed by atoms with Crippen molar-refractivity contribution < 1.29 is 14.0 Å². The lowest BCUT2D eigenvalue weighted by Crippen LogP contribution is -2.36. The second-order valence-corrected chi connectivity index (χ2v) is 16.9. The highest BCUT2D eigenvalue weighted by atomic mass is 32.1. The molecule has 8 heterocycles. The van der Waals surface area contributed by atoms with E-state index < -0.39 is 0 Å². The van der Waals surface area contributed by atoms with E-state index in [0.29, 0.717) is 38.3 Å². The lowest BCUT2D eigenvalue weighted by Gasteiger charge is -2.28. The molecule has 316 valence electrons. The number of hydrazone groups is 2. The number of anilines is 4. The molecule has 2 saturated heterocycles. The summed E-state index contributed by atoms with van der Waals surface area (Å²) in [4.78, 5) is 25.7. The van der Waals surface area contributed by atoms with Crippen molar-refractivity contribution in [1.82, 2.24) is 35.3 Å². The molecule has 62 heavy (non-hydrogen) atoms. The third kappa shape index (κ3) is 9.32. The third-order valence-corrected chi connectivity index (χ3v) is 12.5. The van der Waals surface area contributed by atoms with Gasteiger partial charge in [-0.2, -0.15) is 25.3 Å². The van der Waals surface area contributed by atoms with E-state index in [1.54, 1.807) is 35.1 Å². The molecule has 6 aromatic heterocycles. The average molecular weight is 868 g/mol. The quantitative estimate of drug-likeness (QED) is 0.0885. The monoisotopic (exact) mass is 867 g/mol. The van der Waals surface area contributed by atoms with Crippen molar-refractivity contribution in [3.8, 4) is 20.9 Å². The van der Waals surface area contributed by atoms with Gasteiger partial charge in [-0.05, 0) is 51.0 Å². The number of thiophene rings is 2. The van der Waals surface area contributed by atoms with Crippen LogP contribution in [0.4, 0.5) is 23.5 Å². The smallest absolute Gasteiger partial charge is 0.246 e. The van der Waals surface area contributed by atoms with Crippen LogP contribution in [-0.4, -0.2) is 100 Å². The summed E-state index contributed by atoms with van der Waals surface area (Å²) in [5.41, 5.74) is 15.1. The van der Waals surface area contributed by atoms with Gasteiger partial charge in [0.05, 0.1) is 76.7 Å². The lowest BCUT2D eigenvalue weighted by atomic mass is 10.1. The predicted molar refractivity (Wildman–Crippen MR) is 248 cm³/mol. The number of benzene rings is 2. The molecular weight excluding hydrogens is 823 g/mol. The van der Waals surface area contributed by atoms with Gasteiger partial charge in [0.25, 0.3) is 0 Å². The molecule has 2 aliphatic rings. The standard InChI is InChI=1S/C23H24N6O2S.C21H21N7OS/c1-14-5-4-6-17(11-14)13-24-27-23-25-18-12-19(20-15(2)28-31-16(20)3)32-21(18)22(26-23)29-7-9-30-10-8-29;1-14-3-2-4-15(9-14)11-24-27-21-25-17-10-18(16-12-22-23-13-16)30-19(17)20(26-21)28-5-7-29-8-6-28/h4-6,11-13H,7-10H2,1-3H3,(H,25,26,27);2-4,9-13H,5-8H2,1H3,(H,22,23)(H,25,26,27)/b24-13+;24-11+. The number of morpholine rings is 2. The maximum Gasteiger partial charge on any atom is 0.246 e. The molecule has 2 aliphatic heterocycles. The Kier molecular flexibility index (Phi) is 12.2. The zero-order chi connectivity index (χ0) is 42.4. The second kappa shape index (κ2) is 18.6. The van der Waals surface area contributed by atoms with Gasteiger partial charge in [0.2, 0.25) is 11.9 Å². The Morgan fingerprint density at radius 2 is 1.21 bits per heavy atom. The summed E-state index contributed by atoms with van der Waals surface area (Å²) in [6.45, 7) is 13.9. The number of aromatic amines is 1. The van der Waals surface area contributed by atoms with Gasteiger partial charge in [0.1, 0.15) is 5.76 Å². The number of aromatic nitrogens is 7. The largest absolute Gasteiger partial charge is 0.378 e. The predicted octanol–water partition coefficient (Wildman–Crippen LogP) is 8.23. The van der Waals surface area contributed by atoms with Crippen LogP contribution in [0.2, 0.25) is 0 Å². The van der Waals surface area contributed by atoms with E-state index in [1.807, 2.05) is 50.5 Å². The van der Waals surface area contributed by atoms with Crippen molar-refractivity contribution in [2.75, 3.05) is 73.3 Å². The Balaban J connectivity index is 0.000000158. The lowest BCUT2D eigenvalue weighted by molar-refractivity contribution is 0.122. The molecular formula is C44H45N13O3S2. The van der Waals surface area contributed by atoms with E-state index in [-0.39, 0.29) is 0 Å². The fraction of sp³-hybridized carbons (Fsp3) is 0.273. The molecule has 2 fully saturated rings.